The molecule has 2 N–H and O–H groups in total. The molecule has 1 heterocycles. The molecule has 2 aromatic carbocycles. The number of hydrazine groups is 1. The number of nitrogens with one attached hydrogen (secondary N) is 2. The molecule has 0 aliphatic carbocycles. The van der Waals surface area contributed by atoms with E-state index in [4.69, 9.17) is 27.9 Å². The highest BCUT2D eigenvalue weighted by atomic mass is 35.5. The molecule has 0 unspecified atom stereocenters. The van der Waals surface area contributed by atoms with E-state index in [9.17, 15) is 9.59 Å². The summed E-state index contributed by atoms with van der Waals surface area (Å²) < 4.78 is 5.52. The van der Waals surface area contributed by atoms with Crippen molar-refractivity contribution in [2.24, 2.45) is 0 Å². The summed E-state index contributed by atoms with van der Waals surface area (Å²) in [7, 11) is 0. The lowest BCUT2D eigenvalue weighted by atomic mass is 10.1. The van der Waals surface area contributed by atoms with Crippen molar-refractivity contribution in [2.45, 2.75) is 12.8 Å². The van der Waals surface area contributed by atoms with E-state index in [0.29, 0.717) is 28.8 Å². The van der Waals surface area contributed by atoms with Gasteiger partial charge in [-0.3, -0.25) is 25.4 Å². The molecule has 0 saturated heterocycles. The number of carbonyl (C=O) groups excluding carboxylic acids is 2. The largest absolute Gasteiger partial charge is 0.492 e. The number of para-hydroxylation sites is 1. The first-order valence-electron chi connectivity index (χ1n) is 9.21. The number of hydrogen-bond donors (Lipinski definition) is 2. The normalized spacial score (nSPS) is 10.9. The Labute approximate surface area is 183 Å². The zero-order valence-electron chi connectivity index (χ0n) is 15.9. The molecule has 0 spiro atoms. The molecule has 0 aliphatic heterocycles. The fraction of sp³-hybridized carbons (Fsp3) is 0.136. The highest BCUT2D eigenvalue weighted by Gasteiger charge is 2.05. The molecule has 0 bridgehead atoms. The van der Waals surface area contributed by atoms with Gasteiger partial charge in [0.2, 0.25) is 5.91 Å². The Morgan fingerprint density at radius 3 is 2.73 bits per heavy atom. The first kappa shape index (κ1) is 21.6. The number of ether oxygens (including phenoxy) is 1. The molecule has 6 nitrogen and oxygen atoms in total. The van der Waals surface area contributed by atoms with Gasteiger partial charge in [0.05, 0.1) is 17.1 Å². The van der Waals surface area contributed by atoms with Gasteiger partial charge in [0.25, 0.3) is 5.91 Å². The zero-order valence-corrected chi connectivity index (χ0v) is 17.4. The number of pyridine rings is 1. The topological polar surface area (TPSA) is 80.3 Å². The van der Waals surface area contributed by atoms with Crippen LogP contribution in [0.1, 0.15) is 18.4 Å². The number of nitrogens with zero attached hydrogens (tertiary/aromatic N) is 1. The molecule has 30 heavy (non-hydrogen) atoms. The maximum absolute atomic E-state index is 12.0. The lowest BCUT2D eigenvalue weighted by molar-refractivity contribution is -0.126. The molecule has 8 heteroatoms. The van der Waals surface area contributed by atoms with Crippen LogP contribution in [0.4, 0.5) is 0 Å². The summed E-state index contributed by atoms with van der Waals surface area (Å²) in [5.74, 6) is -0.266. The second-order valence-corrected chi connectivity index (χ2v) is 7.16. The molecule has 3 rings (SSSR count). The van der Waals surface area contributed by atoms with Crippen LogP contribution in [0.3, 0.4) is 0 Å². The van der Waals surface area contributed by atoms with E-state index in [-0.39, 0.29) is 12.3 Å². The van der Waals surface area contributed by atoms with Crippen LogP contribution in [0.2, 0.25) is 10.0 Å². The molecule has 3 aromatic rings. The van der Waals surface area contributed by atoms with Gasteiger partial charge in [-0.1, -0.05) is 47.5 Å². The Bertz CT molecular complexity index is 1080. The standard InChI is InChI=1S/C22H19Cl2N3O3/c23-17-9-10-19(18(24)14-17)30-13-3-7-20(28)26-27-21(29)11-8-16-5-1-4-15-6-2-12-25-22(15)16/h1-2,4-6,8-12,14H,3,7,13H2,(H,26,28)(H,27,29)/b11-8+. The van der Waals surface area contributed by atoms with Gasteiger partial charge in [-0.25, -0.2) is 0 Å². The number of hydrogen-bond acceptors (Lipinski definition) is 4. The fourth-order valence-electron chi connectivity index (χ4n) is 2.67. The summed E-state index contributed by atoms with van der Waals surface area (Å²) in [6, 6.07) is 14.4. The van der Waals surface area contributed by atoms with Crippen LogP contribution in [0.15, 0.2) is 60.8 Å². The molecular formula is C22H19Cl2N3O3. The number of halogens is 2. The third-order valence-corrected chi connectivity index (χ3v) is 4.63. The number of aromatic nitrogens is 1. The van der Waals surface area contributed by atoms with E-state index >= 15 is 0 Å². The van der Waals surface area contributed by atoms with E-state index in [1.54, 1.807) is 30.5 Å². The van der Waals surface area contributed by atoms with Crippen LogP contribution in [-0.4, -0.2) is 23.4 Å². The quantitative estimate of drug-likeness (QED) is 0.318. The third kappa shape index (κ3) is 6.20. The van der Waals surface area contributed by atoms with Crippen LogP contribution < -0.4 is 15.6 Å². The van der Waals surface area contributed by atoms with E-state index in [1.807, 2.05) is 30.3 Å². The monoisotopic (exact) mass is 443 g/mol. The van der Waals surface area contributed by atoms with Gasteiger partial charge in [0.1, 0.15) is 5.75 Å². The summed E-state index contributed by atoms with van der Waals surface area (Å²) in [5.41, 5.74) is 6.33. The maximum Gasteiger partial charge on any atom is 0.262 e. The first-order chi connectivity index (χ1) is 14.5. The maximum atomic E-state index is 12.0. The highest BCUT2D eigenvalue weighted by molar-refractivity contribution is 6.35. The van der Waals surface area contributed by atoms with Gasteiger partial charge in [-0.05, 0) is 36.8 Å². The Morgan fingerprint density at radius 2 is 1.90 bits per heavy atom. The molecule has 0 aliphatic rings. The van der Waals surface area contributed by atoms with Crippen molar-refractivity contribution in [2.75, 3.05) is 6.61 Å². The molecule has 0 saturated carbocycles. The average Bonchev–Trinajstić information content (AvgIpc) is 2.75. The molecule has 2 amide bonds. The SMILES string of the molecule is O=C(/C=C/c1cccc2cccnc12)NNC(=O)CCCOc1ccc(Cl)cc1Cl. The average molecular weight is 444 g/mol. The third-order valence-electron chi connectivity index (χ3n) is 4.10. The van der Waals surface area contributed by atoms with E-state index in [0.717, 1.165) is 16.5 Å². The summed E-state index contributed by atoms with van der Waals surface area (Å²) in [5, 5.41) is 1.91. The Hall–Kier alpha value is -3.09. The zero-order chi connectivity index (χ0) is 21.3. The van der Waals surface area contributed by atoms with Crippen LogP contribution in [0.5, 0.6) is 5.75 Å². The van der Waals surface area contributed by atoms with Crippen molar-refractivity contribution in [1.82, 2.24) is 15.8 Å². The number of amides is 2. The second kappa shape index (κ2) is 10.6. The predicted octanol–water partition coefficient (Wildman–Crippen LogP) is 4.56. The van der Waals surface area contributed by atoms with Gasteiger partial charge in [0.15, 0.2) is 0 Å². The Morgan fingerprint density at radius 1 is 1.07 bits per heavy atom. The minimum Gasteiger partial charge on any atom is -0.492 e. The minimum atomic E-state index is -0.444. The highest BCUT2D eigenvalue weighted by Crippen LogP contribution is 2.27. The molecule has 0 atom stereocenters. The first-order valence-corrected chi connectivity index (χ1v) is 9.97. The number of rotatable bonds is 7. The van der Waals surface area contributed by atoms with E-state index < -0.39 is 5.91 Å². The Balaban J connectivity index is 1.40. The van der Waals surface area contributed by atoms with Gasteiger partial charge >= 0.3 is 0 Å². The van der Waals surface area contributed by atoms with Crippen LogP contribution in [-0.2, 0) is 9.59 Å². The van der Waals surface area contributed by atoms with Crippen molar-refractivity contribution in [3.63, 3.8) is 0 Å². The second-order valence-electron chi connectivity index (χ2n) is 6.32. The molecule has 154 valence electrons. The van der Waals surface area contributed by atoms with E-state index in [1.165, 1.54) is 6.08 Å². The summed E-state index contributed by atoms with van der Waals surface area (Å²) in [4.78, 5) is 28.1. The van der Waals surface area contributed by atoms with Crippen molar-refractivity contribution >= 4 is 52.0 Å². The van der Waals surface area contributed by atoms with Crippen LogP contribution >= 0.6 is 23.2 Å². The number of fused-ring (bicyclic) bond motifs is 1. The van der Waals surface area contributed by atoms with Crippen LogP contribution in [0.25, 0.3) is 17.0 Å². The van der Waals surface area contributed by atoms with Crippen molar-refractivity contribution in [3.05, 3.63) is 76.4 Å². The van der Waals surface area contributed by atoms with Crippen molar-refractivity contribution < 1.29 is 14.3 Å². The fourth-order valence-corrected chi connectivity index (χ4v) is 3.13. The molecule has 1 aromatic heterocycles. The van der Waals surface area contributed by atoms with Gasteiger partial charge in [-0.2, -0.15) is 0 Å². The minimum absolute atomic E-state index is 0.183. The van der Waals surface area contributed by atoms with Crippen LogP contribution in [0, 0.1) is 0 Å². The smallest absolute Gasteiger partial charge is 0.262 e. The number of carbonyl (C=O) groups is 2. The molecule has 0 fully saturated rings. The summed E-state index contributed by atoms with van der Waals surface area (Å²) in [6.45, 7) is 0.302. The lowest BCUT2D eigenvalue weighted by Gasteiger charge is -2.08. The Kier molecular flexibility index (Phi) is 7.65. The van der Waals surface area contributed by atoms with Crippen molar-refractivity contribution in [3.8, 4) is 5.75 Å². The van der Waals surface area contributed by atoms with Gasteiger partial charge in [-0.15, -0.1) is 0 Å². The molecule has 0 radical (unpaired) electrons. The van der Waals surface area contributed by atoms with Crippen molar-refractivity contribution in [1.29, 1.82) is 0 Å². The molecular weight excluding hydrogens is 425 g/mol. The predicted molar refractivity (Wildman–Crippen MR) is 118 cm³/mol. The van der Waals surface area contributed by atoms with Gasteiger partial charge < -0.3 is 4.74 Å². The van der Waals surface area contributed by atoms with E-state index in [2.05, 4.69) is 15.8 Å². The van der Waals surface area contributed by atoms with Gasteiger partial charge in [0, 0.05) is 34.7 Å². The number of benzene rings is 2. The lowest BCUT2D eigenvalue weighted by Crippen LogP contribution is -2.40. The summed E-state index contributed by atoms with van der Waals surface area (Å²) >= 11 is 11.8. The summed E-state index contributed by atoms with van der Waals surface area (Å²) in [6.07, 6.45) is 5.33.